The van der Waals surface area contributed by atoms with Crippen molar-refractivity contribution in [3.05, 3.63) is 66.0 Å². The van der Waals surface area contributed by atoms with Crippen LogP contribution in [0.3, 0.4) is 0 Å². The number of hydrogen-bond acceptors (Lipinski definition) is 4. The molecule has 1 amide bonds. The second-order valence-corrected chi connectivity index (χ2v) is 6.82. The summed E-state index contributed by atoms with van der Waals surface area (Å²) < 4.78 is 39.1. The van der Waals surface area contributed by atoms with Crippen LogP contribution in [0, 0.1) is 0 Å². The molecule has 0 saturated carbocycles. The molecule has 0 aliphatic carbocycles. The van der Waals surface area contributed by atoms with Gasteiger partial charge in [0, 0.05) is 5.39 Å². The fourth-order valence-corrected chi connectivity index (χ4v) is 3.36. The minimum Gasteiger partial charge on any atom is -0.349 e. The number of hydrogen-bond donors (Lipinski definition) is 1. The Morgan fingerprint density at radius 3 is 2.44 bits per heavy atom. The van der Waals surface area contributed by atoms with Crippen molar-refractivity contribution in [1.82, 2.24) is 15.3 Å². The molecule has 3 rings (SSSR count). The number of halogens is 3. The average molecular weight is 391 g/mol. The summed E-state index contributed by atoms with van der Waals surface area (Å²) in [5.74, 6) is -1.54. The highest BCUT2D eigenvalue weighted by Gasteiger charge is 2.35. The quantitative estimate of drug-likeness (QED) is 0.509. The Labute approximate surface area is 158 Å². The third-order valence-corrected chi connectivity index (χ3v) is 4.83. The van der Waals surface area contributed by atoms with E-state index in [4.69, 9.17) is 0 Å². The number of nitrogens with one attached hydrogen (secondary N) is 1. The summed E-state index contributed by atoms with van der Waals surface area (Å²) in [4.78, 5) is 19.4. The van der Waals surface area contributed by atoms with Crippen molar-refractivity contribution in [3.63, 3.8) is 0 Å². The molecule has 0 bridgehead atoms. The van der Waals surface area contributed by atoms with E-state index in [0.717, 1.165) is 17.3 Å². The molecule has 1 atom stereocenters. The molecule has 0 spiro atoms. The molecule has 0 radical (unpaired) electrons. The van der Waals surface area contributed by atoms with Gasteiger partial charge in [0.2, 0.25) is 11.7 Å². The Morgan fingerprint density at radius 2 is 1.74 bits per heavy atom. The van der Waals surface area contributed by atoms with Gasteiger partial charge in [0.25, 0.3) is 0 Å². The lowest BCUT2D eigenvalue weighted by Gasteiger charge is -2.14. The minimum atomic E-state index is -4.65. The molecule has 140 valence electrons. The number of amides is 1. The van der Waals surface area contributed by atoms with Gasteiger partial charge in [-0.15, -0.1) is 0 Å². The number of rotatable bonds is 5. The second-order valence-electron chi connectivity index (χ2n) is 5.86. The van der Waals surface area contributed by atoms with E-state index in [1.54, 1.807) is 18.2 Å². The number of carbonyl (C=O) groups is 1. The number of carbonyl (C=O) groups excluding carboxylic acids is 1. The number of fused-ring (bicyclic) bond motifs is 1. The van der Waals surface area contributed by atoms with Gasteiger partial charge < -0.3 is 5.32 Å². The fraction of sp³-hybridized carbons (Fsp3) is 0.211. The number of para-hydroxylation sites is 1. The van der Waals surface area contributed by atoms with Crippen LogP contribution < -0.4 is 5.32 Å². The predicted molar refractivity (Wildman–Crippen MR) is 98.3 cm³/mol. The summed E-state index contributed by atoms with van der Waals surface area (Å²) in [6, 6.07) is 15.7. The monoisotopic (exact) mass is 391 g/mol. The van der Waals surface area contributed by atoms with Gasteiger partial charge >= 0.3 is 6.18 Å². The van der Waals surface area contributed by atoms with Crippen LogP contribution in [0.2, 0.25) is 0 Å². The van der Waals surface area contributed by atoms with Crippen LogP contribution in [0.1, 0.15) is 24.4 Å². The zero-order chi connectivity index (χ0) is 19.4. The first-order valence-electron chi connectivity index (χ1n) is 8.15. The third kappa shape index (κ3) is 4.77. The summed E-state index contributed by atoms with van der Waals surface area (Å²) >= 11 is 0.962. The lowest BCUT2D eigenvalue weighted by molar-refractivity contribution is -0.145. The number of thioether (sulfide) groups is 1. The van der Waals surface area contributed by atoms with Crippen molar-refractivity contribution in [3.8, 4) is 0 Å². The number of nitrogens with zero attached hydrogens (tertiary/aromatic N) is 2. The van der Waals surface area contributed by atoms with Crippen LogP contribution in [0.4, 0.5) is 13.2 Å². The normalized spacial score (nSPS) is 12.7. The van der Waals surface area contributed by atoms with Crippen LogP contribution >= 0.6 is 11.8 Å². The van der Waals surface area contributed by atoms with Gasteiger partial charge in [0.05, 0.1) is 17.3 Å². The largest absolute Gasteiger partial charge is 0.451 e. The second kappa shape index (κ2) is 7.96. The highest BCUT2D eigenvalue weighted by atomic mass is 32.2. The first-order chi connectivity index (χ1) is 12.8. The molecule has 0 saturated heterocycles. The van der Waals surface area contributed by atoms with E-state index < -0.39 is 12.0 Å². The number of aromatic nitrogens is 2. The third-order valence-electron chi connectivity index (χ3n) is 3.84. The highest BCUT2D eigenvalue weighted by Crippen LogP contribution is 2.32. The molecule has 3 aromatic rings. The lowest BCUT2D eigenvalue weighted by Crippen LogP contribution is -2.28. The maximum absolute atomic E-state index is 13.0. The maximum atomic E-state index is 13.0. The van der Waals surface area contributed by atoms with Crippen LogP contribution in [0.15, 0.2) is 59.6 Å². The molecule has 1 unspecified atom stereocenters. The first-order valence-corrected chi connectivity index (χ1v) is 9.14. The smallest absolute Gasteiger partial charge is 0.349 e. The molecule has 0 aliphatic rings. The number of alkyl halides is 3. The number of benzene rings is 2. The Morgan fingerprint density at radius 1 is 1.07 bits per heavy atom. The first kappa shape index (κ1) is 19.2. The van der Waals surface area contributed by atoms with Crippen LogP contribution in [-0.4, -0.2) is 21.6 Å². The van der Waals surface area contributed by atoms with Gasteiger partial charge in [-0.25, -0.2) is 9.97 Å². The minimum absolute atomic E-state index is 0.0462. The summed E-state index contributed by atoms with van der Waals surface area (Å²) in [5, 5.41) is 3.45. The Hall–Kier alpha value is -2.61. The van der Waals surface area contributed by atoms with Crippen molar-refractivity contribution >= 4 is 28.6 Å². The zero-order valence-corrected chi connectivity index (χ0v) is 15.1. The molecule has 8 heteroatoms. The van der Waals surface area contributed by atoms with Gasteiger partial charge in [-0.05, 0) is 18.6 Å². The molecule has 1 N–H and O–H groups in total. The van der Waals surface area contributed by atoms with Gasteiger partial charge in [-0.1, -0.05) is 60.3 Å². The zero-order valence-electron chi connectivity index (χ0n) is 14.3. The van der Waals surface area contributed by atoms with Crippen molar-refractivity contribution in [1.29, 1.82) is 0 Å². The Balaban J connectivity index is 1.75. The van der Waals surface area contributed by atoms with E-state index in [2.05, 4.69) is 15.3 Å². The van der Waals surface area contributed by atoms with Gasteiger partial charge in [0.15, 0.2) is 0 Å². The fourth-order valence-electron chi connectivity index (χ4n) is 2.53. The summed E-state index contributed by atoms with van der Waals surface area (Å²) in [6.45, 7) is 1.85. The standard InChI is InChI=1S/C19H16F3N3OS/c1-12(13-7-3-2-4-8-13)23-16(26)11-27-17-14-9-5-6-10-15(14)24-18(25-17)19(20,21)22/h2-10,12H,11H2,1H3,(H,23,26). The SMILES string of the molecule is CC(NC(=O)CSc1nc(C(F)(F)F)nc2ccccc12)c1ccccc1. The van der Waals surface area contributed by atoms with Crippen molar-refractivity contribution in [2.45, 2.75) is 24.2 Å². The molecule has 27 heavy (non-hydrogen) atoms. The van der Waals surface area contributed by atoms with E-state index in [9.17, 15) is 18.0 Å². The topological polar surface area (TPSA) is 54.9 Å². The molecule has 0 aliphatic heterocycles. The highest BCUT2D eigenvalue weighted by molar-refractivity contribution is 8.00. The molecule has 1 aromatic heterocycles. The van der Waals surface area contributed by atoms with E-state index >= 15 is 0 Å². The summed E-state index contributed by atoms with van der Waals surface area (Å²) in [5.41, 5.74) is 1.14. The van der Waals surface area contributed by atoms with E-state index in [-0.39, 0.29) is 28.2 Å². The van der Waals surface area contributed by atoms with Crippen molar-refractivity contribution in [2.75, 3.05) is 5.75 Å². The van der Waals surface area contributed by atoms with Gasteiger partial charge in [0.1, 0.15) is 5.03 Å². The average Bonchev–Trinajstić information content (AvgIpc) is 2.65. The Kier molecular flexibility index (Phi) is 5.65. The van der Waals surface area contributed by atoms with Crippen molar-refractivity contribution in [2.24, 2.45) is 0 Å². The molecule has 2 aromatic carbocycles. The van der Waals surface area contributed by atoms with E-state index in [1.807, 2.05) is 37.3 Å². The van der Waals surface area contributed by atoms with Crippen LogP contribution in [-0.2, 0) is 11.0 Å². The van der Waals surface area contributed by atoms with E-state index in [1.165, 1.54) is 6.07 Å². The summed E-state index contributed by atoms with van der Waals surface area (Å²) in [6.07, 6.45) is -4.65. The van der Waals surface area contributed by atoms with Crippen LogP contribution in [0.25, 0.3) is 10.9 Å². The maximum Gasteiger partial charge on any atom is 0.451 e. The summed E-state index contributed by atoms with van der Waals surface area (Å²) in [7, 11) is 0. The molecule has 0 fully saturated rings. The molecular weight excluding hydrogens is 375 g/mol. The predicted octanol–water partition coefficient (Wildman–Crippen LogP) is 4.62. The molecule has 1 heterocycles. The van der Waals surface area contributed by atoms with Crippen LogP contribution in [0.5, 0.6) is 0 Å². The van der Waals surface area contributed by atoms with E-state index in [0.29, 0.717) is 5.39 Å². The van der Waals surface area contributed by atoms with Crippen molar-refractivity contribution < 1.29 is 18.0 Å². The molecular formula is C19H16F3N3OS. The lowest BCUT2D eigenvalue weighted by atomic mass is 10.1. The molecule has 4 nitrogen and oxygen atoms in total. The van der Waals surface area contributed by atoms with Gasteiger partial charge in [-0.2, -0.15) is 13.2 Å². The Bertz CT molecular complexity index is 948. The van der Waals surface area contributed by atoms with Gasteiger partial charge in [-0.3, -0.25) is 4.79 Å².